The van der Waals surface area contributed by atoms with Gasteiger partial charge < -0.3 is 21.4 Å². The smallest absolute Gasteiger partial charge is 0.146 e. The minimum atomic E-state index is 0.354. The van der Waals surface area contributed by atoms with Crippen LogP contribution in [-0.4, -0.2) is 23.8 Å². The van der Waals surface area contributed by atoms with E-state index in [9.17, 15) is 0 Å². The summed E-state index contributed by atoms with van der Waals surface area (Å²) in [5.74, 6) is 0.486. The molecule has 0 bridgehead atoms. The second-order valence-corrected chi connectivity index (χ2v) is 6.60. The Kier molecular flexibility index (Phi) is 6.60. The van der Waals surface area contributed by atoms with Crippen LogP contribution in [0.25, 0.3) is 16.5 Å². The summed E-state index contributed by atoms with van der Waals surface area (Å²) in [6.45, 7) is 3.90. The van der Waals surface area contributed by atoms with Gasteiger partial charge in [0.15, 0.2) is 0 Å². The average Bonchev–Trinajstić information content (AvgIpc) is 3.21. The highest BCUT2D eigenvalue weighted by Crippen LogP contribution is 2.19. The molecule has 0 amide bonds. The van der Waals surface area contributed by atoms with Crippen LogP contribution in [0.4, 0.5) is 5.69 Å². The Hall–Kier alpha value is -3.64. The van der Waals surface area contributed by atoms with Gasteiger partial charge in [-0.05, 0) is 47.5 Å². The highest BCUT2D eigenvalue weighted by Gasteiger charge is 2.07. The summed E-state index contributed by atoms with van der Waals surface area (Å²) >= 11 is 6.34. The minimum Gasteiger partial charge on any atom is -0.404 e. The molecule has 0 saturated heterocycles. The summed E-state index contributed by atoms with van der Waals surface area (Å²) in [4.78, 5) is 11.6. The Morgan fingerprint density at radius 1 is 1.21 bits per heavy atom. The lowest BCUT2D eigenvalue weighted by atomic mass is 10.1. The number of nitrogens with two attached hydrogens (primary N) is 1. The number of hydrogen-bond donors (Lipinski definition) is 4. The lowest BCUT2D eigenvalue weighted by molar-refractivity contribution is 1.07. The van der Waals surface area contributed by atoms with Gasteiger partial charge in [-0.25, -0.2) is 0 Å². The van der Waals surface area contributed by atoms with Crippen molar-refractivity contribution >= 4 is 52.5 Å². The fourth-order valence-electron chi connectivity index (χ4n) is 2.79. The summed E-state index contributed by atoms with van der Waals surface area (Å²) in [5.41, 5.74) is 9.93. The Balaban J connectivity index is 1.83. The van der Waals surface area contributed by atoms with Crippen molar-refractivity contribution in [2.75, 3.05) is 5.32 Å². The van der Waals surface area contributed by atoms with Gasteiger partial charge >= 0.3 is 0 Å². The van der Waals surface area contributed by atoms with Gasteiger partial charge in [0, 0.05) is 41.6 Å². The first-order chi connectivity index (χ1) is 14.1. The molecule has 7 heteroatoms. The van der Waals surface area contributed by atoms with Crippen LogP contribution in [0.1, 0.15) is 11.1 Å². The molecule has 3 rings (SSSR count). The highest BCUT2D eigenvalue weighted by atomic mass is 35.5. The first-order valence-electron chi connectivity index (χ1n) is 8.86. The fraction of sp³-hybridized carbons (Fsp3) is 0.0455. The van der Waals surface area contributed by atoms with Crippen molar-refractivity contribution in [3.05, 3.63) is 83.3 Å². The van der Waals surface area contributed by atoms with Crippen molar-refractivity contribution in [3.63, 3.8) is 0 Å². The van der Waals surface area contributed by atoms with Crippen molar-refractivity contribution in [1.29, 1.82) is 5.41 Å². The molecule has 0 spiro atoms. The molecule has 6 nitrogen and oxygen atoms in total. The van der Waals surface area contributed by atoms with Crippen LogP contribution in [0.2, 0.25) is 0 Å². The van der Waals surface area contributed by atoms with E-state index >= 15 is 0 Å². The number of nitrogens with zero attached hydrogens (tertiary/aromatic N) is 2. The van der Waals surface area contributed by atoms with Crippen LogP contribution in [0.3, 0.4) is 0 Å². The quantitative estimate of drug-likeness (QED) is 0.332. The number of aromatic amines is 1. The second-order valence-electron chi connectivity index (χ2n) is 6.19. The number of nitrogens with one attached hydrogen (secondary N) is 3. The van der Waals surface area contributed by atoms with Crippen molar-refractivity contribution in [3.8, 4) is 0 Å². The summed E-state index contributed by atoms with van der Waals surface area (Å²) in [5, 5.41) is 12.1. The van der Waals surface area contributed by atoms with E-state index in [-0.39, 0.29) is 0 Å². The second kappa shape index (κ2) is 9.52. The monoisotopic (exact) mass is 404 g/mol. The average molecular weight is 405 g/mol. The maximum absolute atomic E-state index is 7.39. The number of anilines is 1. The molecular weight excluding hydrogens is 384 g/mol. The standard InChI is InChI=1S/C22H21ClN6/c1-26-14-20(23)22(28-13-15-2-3-17-8-9-27-21(17)10-15)29-19-6-4-16(5-7-19)18(11-24)12-25/h2-12,14,24,27H,1,13,25H2,(H,28,29)/b18-12+,20-14+,24-11?. The number of amidine groups is 1. The SMILES string of the molecule is C=N/C=C(/Cl)C(=NCc1ccc2cc[nH]c2c1)Nc1ccc(/C(C=N)=C/N)cc1. The van der Waals surface area contributed by atoms with E-state index in [0.29, 0.717) is 23.0 Å². The van der Waals surface area contributed by atoms with Gasteiger partial charge in [-0.1, -0.05) is 35.9 Å². The molecular formula is C22H21ClN6. The van der Waals surface area contributed by atoms with Gasteiger partial charge in [-0.2, -0.15) is 0 Å². The fourth-order valence-corrected chi connectivity index (χ4v) is 2.97. The van der Waals surface area contributed by atoms with Crippen molar-refractivity contribution in [1.82, 2.24) is 4.98 Å². The van der Waals surface area contributed by atoms with Gasteiger partial charge in [0.25, 0.3) is 0 Å². The van der Waals surface area contributed by atoms with E-state index in [4.69, 9.17) is 22.7 Å². The molecule has 1 heterocycles. The zero-order valence-electron chi connectivity index (χ0n) is 15.7. The van der Waals surface area contributed by atoms with Gasteiger partial charge in [0.05, 0.1) is 6.54 Å². The number of fused-ring (bicyclic) bond motifs is 1. The number of aliphatic imine (C=N–C) groups is 2. The summed E-state index contributed by atoms with van der Waals surface area (Å²) in [6, 6.07) is 15.6. The molecule has 0 aliphatic rings. The molecule has 0 aliphatic heterocycles. The summed E-state index contributed by atoms with van der Waals surface area (Å²) in [7, 11) is 0. The molecule has 0 fully saturated rings. The Morgan fingerprint density at radius 2 is 2.00 bits per heavy atom. The predicted molar refractivity (Wildman–Crippen MR) is 124 cm³/mol. The third-order valence-electron chi connectivity index (χ3n) is 4.29. The van der Waals surface area contributed by atoms with Crippen molar-refractivity contribution in [2.24, 2.45) is 15.7 Å². The Morgan fingerprint density at radius 3 is 2.69 bits per heavy atom. The van der Waals surface area contributed by atoms with Crippen molar-refractivity contribution < 1.29 is 0 Å². The lowest BCUT2D eigenvalue weighted by Gasteiger charge is -2.10. The van der Waals surface area contributed by atoms with Crippen LogP contribution in [0, 0.1) is 5.41 Å². The maximum Gasteiger partial charge on any atom is 0.146 e. The van der Waals surface area contributed by atoms with Crippen LogP contribution in [-0.2, 0) is 6.54 Å². The first-order valence-corrected chi connectivity index (χ1v) is 9.24. The highest BCUT2D eigenvalue weighted by molar-refractivity contribution is 6.44. The molecule has 0 radical (unpaired) electrons. The normalized spacial score (nSPS) is 12.8. The number of allylic oxidation sites excluding steroid dienone is 1. The number of aromatic nitrogens is 1. The van der Waals surface area contributed by atoms with Crippen LogP contribution >= 0.6 is 11.6 Å². The number of hydrogen-bond acceptors (Lipinski definition) is 4. The van der Waals surface area contributed by atoms with E-state index in [1.807, 2.05) is 42.6 Å². The van der Waals surface area contributed by atoms with Crippen LogP contribution in [0.5, 0.6) is 0 Å². The topological polar surface area (TPSA) is 102 Å². The molecule has 1 aromatic heterocycles. The van der Waals surface area contributed by atoms with Gasteiger partial charge in [-0.3, -0.25) is 9.98 Å². The van der Waals surface area contributed by atoms with E-state index in [0.717, 1.165) is 27.7 Å². The summed E-state index contributed by atoms with van der Waals surface area (Å²) < 4.78 is 0. The minimum absolute atomic E-state index is 0.354. The van der Waals surface area contributed by atoms with E-state index < -0.39 is 0 Å². The summed E-state index contributed by atoms with van der Waals surface area (Å²) in [6.07, 6.45) is 5.97. The third-order valence-corrected chi connectivity index (χ3v) is 4.56. The molecule has 2 aromatic carbocycles. The molecule has 29 heavy (non-hydrogen) atoms. The van der Waals surface area contributed by atoms with E-state index in [2.05, 4.69) is 39.1 Å². The molecule has 3 aromatic rings. The molecule has 0 aliphatic carbocycles. The third kappa shape index (κ3) is 5.00. The van der Waals surface area contributed by atoms with Crippen LogP contribution in [0.15, 0.2) is 82.1 Å². The lowest BCUT2D eigenvalue weighted by Crippen LogP contribution is -2.13. The predicted octanol–water partition coefficient (Wildman–Crippen LogP) is 4.91. The number of rotatable bonds is 7. The van der Waals surface area contributed by atoms with E-state index in [1.54, 1.807) is 0 Å². The van der Waals surface area contributed by atoms with Crippen molar-refractivity contribution in [2.45, 2.75) is 6.54 Å². The molecule has 5 N–H and O–H groups in total. The zero-order chi connectivity index (χ0) is 20.6. The number of H-pyrrole nitrogens is 1. The number of halogens is 1. The molecule has 146 valence electrons. The zero-order valence-corrected chi connectivity index (χ0v) is 16.4. The number of benzene rings is 2. The maximum atomic E-state index is 7.39. The first kappa shape index (κ1) is 20.1. The molecule has 0 saturated carbocycles. The van der Waals surface area contributed by atoms with Gasteiger partial charge in [0.1, 0.15) is 10.9 Å². The molecule has 0 atom stereocenters. The Labute approximate surface area is 174 Å². The largest absolute Gasteiger partial charge is 0.404 e. The van der Waals surface area contributed by atoms with Crippen LogP contribution < -0.4 is 11.1 Å². The molecule has 0 unspecified atom stereocenters. The Bertz CT molecular complexity index is 1110. The van der Waals surface area contributed by atoms with Gasteiger partial charge in [0.2, 0.25) is 0 Å². The van der Waals surface area contributed by atoms with E-state index in [1.165, 1.54) is 18.6 Å². The van der Waals surface area contributed by atoms with Gasteiger partial charge in [-0.15, -0.1) is 0 Å².